The van der Waals surface area contributed by atoms with Crippen LogP contribution >= 0.6 is 11.8 Å². The van der Waals surface area contributed by atoms with Crippen molar-refractivity contribution in [2.75, 3.05) is 12.4 Å². The molecule has 0 unspecified atom stereocenters. The Bertz CT molecular complexity index is 841. The normalized spacial score (nSPS) is 10.6. The third-order valence-electron chi connectivity index (χ3n) is 3.33. The van der Waals surface area contributed by atoms with Crippen LogP contribution in [0.2, 0.25) is 0 Å². The van der Waals surface area contributed by atoms with Crippen LogP contribution in [0.3, 0.4) is 0 Å². The number of aryl methyl sites for hydroxylation is 1. The second-order valence-corrected chi connectivity index (χ2v) is 6.00. The summed E-state index contributed by atoms with van der Waals surface area (Å²) in [5.41, 5.74) is 0.652. The Hall–Kier alpha value is -2.67. The molecular weight excluding hydrogens is 326 g/mol. The van der Waals surface area contributed by atoms with Crippen LogP contribution in [0.1, 0.15) is 16.3 Å². The fraction of sp³-hybridized carbons (Fsp3) is 0.176. The van der Waals surface area contributed by atoms with Gasteiger partial charge in [-0.3, -0.25) is 4.79 Å². The maximum atomic E-state index is 12.2. The molecular formula is C17H17N3O3S. The zero-order valence-electron chi connectivity index (χ0n) is 13.4. The van der Waals surface area contributed by atoms with Gasteiger partial charge in [0.25, 0.3) is 5.91 Å². The number of hydrogen-bond acceptors (Lipinski definition) is 5. The molecule has 0 saturated carbocycles. The smallest absolute Gasteiger partial charge is 0.291 e. The molecule has 2 aromatic heterocycles. The molecule has 0 aliphatic heterocycles. The molecule has 0 bridgehead atoms. The number of nitrogens with one attached hydrogen (secondary N) is 1. The number of imidazole rings is 1. The van der Waals surface area contributed by atoms with Gasteiger partial charge < -0.3 is 19.0 Å². The van der Waals surface area contributed by atoms with Crippen LogP contribution in [0.4, 0.5) is 5.69 Å². The van der Waals surface area contributed by atoms with Crippen LogP contribution in [-0.4, -0.2) is 22.6 Å². The molecule has 124 valence electrons. The van der Waals surface area contributed by atoms with Crippen molar-refractivity contribution >= 4 is 23.4 Å². The average Bonchev–Trinajstić information content (AvgIpc) is 3.22. The molecule has 0 aliphatic rings. The Morgan fingerprint density at radius 3 is 3.00 bits per heavy atom. The Morgan fingerprint density at radius 2 is 2.25 bits per heavy atom. The van der Waals surface area contributed by atoms with Gasteiger partial charge >= 0.3 is 0 Å². The van der Waals surface area contributed by atoms with Gasteiger partial charge in [0.15, 0.2) is 10.9 Å². The van der Waals surface area contributed by atoms with E-state index < -0.39 is 0 Å². The van der Waals surface area contributed by atoms with Gasteiger partial charge in [-0.2, -0.15) is 0 Å². The van der Waals surface area contributed by atoms with E-state index in [-0.39, 0.29) is 11.7 Å². The highest BCUT2D eigenvalue weighted by Crippen LogP contribution is 2.23. The van der Waals surface area contributed by atoms with E-state index >= 15 is 0 Å². The summed E-state index contributed by atoms with van der Waals surface area (Å²) in [7, 11) is 3.52. The predicted molar refractivity (Wildman–Crippen MR) is 92.4 cm³/mol. The molecule has 2 heterocycles. The number of benzene rings is 1. The maximum absolute atomic E-state index is 12.2. The lowest BCUT2D eigenvalue weighted by Gasteiger charge is -2.05. The summed E-state index contributed by atoms with van der Waals surface area (Å²) in [5, 5.41) is 3.69. The van der Waals surface area contributed by atoms with Gasteiger partial charge in [-0.1, -0.05) is 17.8 Å². The first kappa shape index (κ1) is 16.2. The number of anilines is 1. The Morgan fingerprint density at radius 1 is 1.38 bits per heavy atom. The summed E-state index contributed by atoms with van der Waals surface area (Å²) in [5.74, 6) is 1.99. The third kappa shape index (κ3) is 3.80. The first-order valence-corrected chi connectivity index (χ1v) is 8.28. The Kier molecular flexibility index (Phi) is 4.90. The van der Waals surface area contributed by atoms with Gasteiger partial charge in [-0.05, 0) is 24.3 Å². The van der Waals surface area contributed by atoms with Crippen LogP contribution in [-0.2, 0) is 12.8 Å². The zero-order valence-corrected chi connectivity index (χ0v) is 14.2. The molecule has 0 radical (unpaired) electrons. The number of hydrogen-bond donors (Lipinski definition) is 1. The summed E-state index contributed by atoms with van der Waals surface area (Å²) in [6.07, 6.45) is 3.63. The molecule has 24 heavy (non-hydrogen) atoms. The van der Waals surface area contributed by atoms with Gasteiger partial charge in [-0.25, -0.2) is 4.98 Å². The minimum absolute atomic E-state index is 0.272. The molecule has 7 heteroatoms. The molecule has 0 aliphatic carbocycles. The van der Waals surface area contributed by atoms with Crippen molar-refractivity contribution in [3.05, 3.63) is 60.3 Å². The van der Waals surface area contributed by atoms with Gasteiger partial charge in [0.05, 0.1) is 12.9 Å². The highest BCUT2D eigenvalue weighted by molar-refractivity contribution is 7.98. The molecule has 3 rings (SSSR count). The van der Waals surface area contributed by atoms with Gasteiger partial charge in [-0.15, -0.1) is 0 Å². The first-order valence-electron chi connectivity index (χ1n) is 7.30. The molecule has 6 nitrogen and oxygen atoms in total. The number of rotatable bonds is 6. The number of aromatic nitrogens is 2. The van der Waals surface area contributed by atoms with E-state index in [1.54, 1.807) is 49.3 Å². The summed E-state index contributed by atoms with van der Waals surface area (Å²) < 4.78 is 12.7. The van der Waals surface area contributed by atoms with Crippen molar-refractivity contribution in [2.24, 2.45) is 7.05 Å². The number of carbonyl (C=O) groups is 1. The van der Waals surface area contributed by atoms with Crippen LogP contribution in [0.15, 0.2) is 58.4 Å². The Labute approximate surface area is 143 Å². The number of nitrogens with zero attached hydrogens (tertiary/aromatic N) is 2. The monoisotopic (exact) mass is 343 g/mol. The summed E-state index contributed by atoms with van der Waals surface area (Å²) in [6, 6.07) is 10.6. The lowest BCUT2D eigenvalue weighted by molar-refractivity contribution is 0.0995. The van der Waals surface area contributed by atoms with Gasteiger partial charge in [0.2, 0.25) is 0 Å². The molecule has 1 N–H and O–H groups in total. The zero-order chi connectivity index (χ0) is 16.9. The third-order valence-corrected chi connectivity index (χ3v) is 4.41. The number of amides is 1. The van der Waals surface area contributed by atoms with Crippen molar-refractivity contribution in [3.63, 3.8) is 0 Å². The van der Waals surface area contributed by atoms with Crippen molar-refractivity contribution in [2.45, 2.75) is 10.9 Å². The average molecular weight is 343 g/mol. The second kappa shape index (κ2) is 7.27. The summed E-state index contributed by atoms with van der Waals surface area (Å²) in [4.78, 5) is 16.5. The van der Waals surface area contributed by atoms with E-state index in [0.29, 0.717) is 17.2 Å². The van der Waals surface area contributed by atoms with Crippen molar-refractivity contribution in [1.29, 1.82) is 0 Å². The number of ether oxygens (including phenoxy) is 1. The van der Waals surface area contributed by atoms with Crippen molar-refractivity contribution in [3.8, 4) is 5.75 Å². The van der Waals surface area contributed by atoms with E-state index in [2.05, 4.69) is 10.3 Å². The molecule has 0 spiro atoms. The fourth-order valence-electron chi connectivity index (χ4n) is 2.10. The van der Waals surface area contributed by atoms with Crippen LogP contribution in [0.25, 0.3) is 0 Å². The van der Waals surface area contributed by atoms with Crippen LogP contribution in [0.5, 0.6) is 5.75 Å². The topological polar surface area (TPSA) is 69.3 Å². The lowest BCUT2D eigenvalue weighted by Crippen LogP contribution is -2.10. The molecule has 0 fully saturated rings. The van der Waals surface area contributed by atoms with Crippen molar-refractivity contribution < 1.29 is 13.9 Å². The maximum Gasteiger partial charge on any atom is 0.291 e. The lowest BCUT2D eigenvalue weighted by atomic mass is 10.3. The van der Waals surface area contributed by atoms with Crippen molar-refractivity contribution in [1.82, 2.24) is 9.55 Å². The molecule has 1 amide bonds. The summed E-state index contributed by atoms with van der Waals surface area (Å²) >= 11 is 1.55. The highest BCUT2D eigenvalue weighted by atomic mass is 32.2. The first-order chi connectivity index (χ1) is 11.7. The van der Waals surface area contributed by atoms with Crippen LogP contribution < -0.4 is 10.1 Å². The fourth-order valence-corrected chi connectivity index (χ4v) is 2.92. The molecule has 0 saturated heterocycles. The van der Waals surface area contributed by atoms with Crippen LogP contribution in [0, 0.1) is 0 Å². The molecule has 0 atom stereocenters. The quantitative estimate of drug-likeness (QED) is 0.693. The van der Waals surface area contributed by atoms with E-state index in [9.17, 15) is 4.79 Å². The number of thioether (sulfide) groups is 1. The van der Waals surface area contributed by atoms with E-state index in [1.165, 1.54) is 0 Å². The highest BCUT2D eigenvalue weighted by Gasteiger charge is 2.12. The Balaban J connectivity index is 1.62. The number of furan rings is 1. The van der Waals surface area contributed by atoms with E-state index in [0.717, 1.165) is 10.9 Å². The minimum atomic E-state index is -0.295. The largest absolute Gasteiger partial charge is 0.497 e. The molecule has 1 aromatic carbocycles. The number of methoxy groups -OCH3 is 1. The minimum Gasteiger partial charge on any atom is -0.497 e. The van der Waals surface area contributed by atoms with Gasteiger partial charge in [0, 0.05) is 31.2 Å². The second-order valence-electron chi connectivity index (χ2n) is 5.06. The SMILES string of the molecule is COc1cccc(NC(=O)c2ccc(CSc3nccn3C)o2)c1. The number of carbonyl (C=O) groups excluding carboxylic acids is 1. The summed E-state index contributed by atoms with van der Waals surface area (Å²) in [6.45, 7) is 0. The van der Waals surface area contributed by atoms with E-state index in [1.807, 2.05) is 29.9 Å². The molecule has 3 aromatic rings. The van der Waals surface area contributed by atoms with E-state index in [4.69, 9.17) is 9.15 Å². The standard InChI is InChI=1S/C17H17N3O3S/c1-20-9-8-18-17(20)24-11-14-6-7-15(23-14)16(21)19-12-4-3-5-13(10-12)22-2/h3-10H,11H2,1-2H3,(H,19,21). The van der Waals surface area contributed by atoms with Gasteiger partial charge in [0.1, 0.15) is 11.5 Å². The predicted octanol–water partition coefficient (Wildman–Crippen LogP) is 3.57.